The lowest BCUT2D eigenvalue weighted by atomic mass is 9.88. The number of thiophene rings is 1. The molecule has 0 radical (unpaired) electrons. The highest BCUT2D eigenvalue weighted by atomic mass is 32.2. The van der Waals surface area contributed by atoms with Crippen LogP contribution in [-0.4, -0.2) is 5.25 Å². The van der Waals surface area contributed by atoms with E-state index in [1.807, 2.05) is 53.4 Å². The van der Waals surface area contributed by atoms with E-state index < -0.39 is 0 Å². The van der Waals surface area contributed by atoms with Crippen LogP contribution in [0.25, 0.3) is 48.1 Å². The van der Waals surface area contributed by atoms with Gasteiger partial charge in [0.2, 0.25) is 0 Å². The molecule has 3 heterocycles. The molecule has 52 heavy (non-hydrogen) atoms. The van der Waals surface area contributed by atoms with Crippen LogP contribution in [0.1, 0.15) is 45.9 Å². The van der Waals surface area contributed by atoms with Crippen molar-refractivity contribution >= 4 is 49.0 Å². The Morgan fingerprint density at radius 3 is 2.25 bits per heavy atom. The molecule has 2 N–H and O–H groups in total. The maximum atomic E-state index is 10.1. The molecule has 0 fully saturated rings. The van der Waals surface area contributed by atoms with Gasteiger partial charge in [-0.25, -0.2) is 0 Å². The third-order valence-corrected chi connectivity index (χ3v) is 13.0. The first-order valence-corrected chi connectivity index (χ1v) is 19.4. The third kappa shape index (κ3) is 5.48. The molecular weight excluding hydrogens is 671 g/mol. The minimum absolute atomic E-state index is 0.126. The number of nitrogens with one attached hydrogen (secondary N) is 2. The molecule has 0 spiro atoms. The fourth-order valence-corrected chi connectivity index (χ4v) is 10.3. The number of hydrogen-bond donors (Lipinski definition) is 2. The molecule has 10 rings (SSSR count). The van der Waals surface area contributed by atoms with E-state index in [-0.39, 0.29) is 12.2 Å². The second-order valence-electron chi connectivity index (χ2n) is 13.7. The van der Waals surface area contributed by atoms with E-state index in [1.165, 1.54) is 58.4 Å². The Morgan fingerprint density at radius 1 is 0.615 bits per heavy atom. The van der Waals surface area contributed by atoms with Crippen LogP contribution in [0.4, 0.5) is 0 Å². The van der Waals surface area contributed by atoms with Gasteiger partial charge in [-0.2, -0.15) is 5.26 Å². The molecule has 7 aromatic rings. The number of hydrogen-bond acceptors (Lipinski definition) is 5. The Bertz CT molecular complexity index is 2660. The summed E-state index contributed by atoms with van der Waals surface area (Å²) < 4.78 is 2.61. The van der Waals surface area contributed by atoms with Crippen LogP contribution in [0, 0.1) is 11.3 Å². The molecule has 2 aliphatic heterocycles. The highest BCUT2D eigenvalue weighted by Gasteiger charge is 2.31. The Hall–Kier alpha value is -5.64. The van der Waals surface area contributed by atoms with Crippen molar-refractivity contribution in [1.29, 1.82) is 5.26 Å². The van der Waals surface area contributed by atoms with Gasteiger partial charge in [-0.15, -0.1) is 23.1 Å². The van der Waals surface area contributed by atoms with Gasteiger partial charge in [0, 0.05) is 47.5 Å². The van der Waals surface area contributed by atoms with Gasteiger partial charge >= 0.3 is 0 Å². The zero-order valence-electron chi connectivity index (χ0n) is 28.2. The summed E-state index contributed by atoms with van der Waals surface area (Å²) in [4.78, 5) is 1.37. The van der Waals surface area contributed by atoms with Crippen molar-refractivity contribution in [2.75, 3.05) is 0 Å². The summed E-state index contributed by atoms with van der Waals surface area (Å²) >= 11 is 3.82. The Labute approximate surface area is 311 Å². The van der Waals surface area contributed by atoms with Crippen LogP contribution in [0.2, 0.25) is 0 Å². The lowest BCUT2D eigenvalue weighted by molar-refractivity contribution is 0.443. The minimum Gasteiger partial charge on any atom is -0.366 e. The second kappa shape index (κ2) is 12.8. The number of fused-ring (bicyclic) bond motifs is 6. The van der Waals surface area contributed by atoms with Crippen molar-refractivity contribution in [3.05, 3.63) is 192 Å². The van der Waals surface area contributed by atoms with E-state index in [0.29, 0.717) is 16.7 Å². The minimum atomic E-state index is -0.154. The number of nitriles is 1. The number of nitrogens with zero attached hydrogens (tertiary/aromatic N) is 1. The molecular formula is C47H33N3S2. The molecule has 1 aliphatic carbocycles. The molecule has 0 amide bonds. The molecule has 3 aliphatic rings. The van der Waals surface area contributed by atoms with Crippen molar-refractivity contribution in [3.8, 4) is 28.3 Å². The van der Waals surface area contributed by atoms with Crippen molar-refractivity contribution in [1.82, 2.24) is 10.6 Å². The predicted molar refractivity (Wildman–Crippen MR) is 218 cm³/mol. The molecule has 248 valence electrons. The maximum absolute atomic E-state index is 10.1. The van der Waals surface area contributed by atoms with Gasteiger partial charge in [0.1, 0.15) is 6.17 Å². The van der Waals surface area contributed by atoms with E-state index in [2.05, 4.69) is 150 Å². The normalized spacial score (nSPS) is 20.2. The SMILES string of the molecule is N#Cc1ccccc1C1=CC(c2cc(-c3ccc4c(c3)C3C=CC=CC3S4)cc(-c3ccc4sc5ccccc5c4c3)c2)NC(c2ccccc2)N1. The van der Waals surface area contributed by atoms with Crippen LogP contribution >= 0.6 is 23.1 Å². The summed E-state index contributed by atoms with van der Waals surface area (Å²) in [6.45, 7) is 0. The zero-order chi connectivity index (χ0) is 34.6. The number of benzene rings is 6. The smallest absolute Gasteiger partial charge is 0.104 e. The van der Waals surface area contributed by atoms with Crippen LogP contribution in [0.5, 0.6) is 0 Å². The molecule has 6 aromatic carbocycles. The number of thioether (sulfide) groups is 1. The quantitative estimate of drug-likeness (QED) is 0.187. The van der Waals surface area contributed by atoms with Gasteiger partial charge < -0.3 is 5.32 Å². The van der Waals surface area contributed by atoms with Gasteiger partial charge in [-0.3, -0.25) is 5.32 Å². The lowest BCUT2D eigenvalue weighted by Crippen LogP contribution is -2.39. The predicted octanol–water partition coefficient (Wildman–Crippen LogP) is 11.9. The van der Waals surface area contributed by atoms with Crippen LogP contribution in [0.3, 0.4) is 0 Å². The van der Waals surface area contributed by atoms with E-state index in [9.17, 15) is 5.26 Å². The molecule has 1 aromatic heterocycles. The van der Waals surface area contributed by atoms with E-state index in [0.717, 1.165) is 16.8 Å². The van der Waals surface area contributed by atoms with Crippen LogP contribution < -0.4 is 10.6 Å². The van der Waals surface area contributed by atoms with Gasteiger partial charge in [0.25, 0.3) is 0 Å². The topological polar surface area (TPSA) is 47.9 Å². The molecule has 0 saturated carbocycles. The molecule has 4 unspecified atom stereocenters. The molecule has 0 saturated heterocycles. The average molecular weight is 704 g/mol. The molecule has 3 nitrogen and oxygen atoms in total. The highest BCUT2D eigenvalue weighted by molar-refractivity contribution is 8.00. The standard InChI is InChI=1S/C47H33N3S2/c48-28-32-12-4-5-13-36(32)42-27-41(49-47(50-42)29-10-2-1-3-11-29)35-23-33(30-18-20-45-39(25-30)37-14-6-8-16-43(37)51-45)22-34(24-35)31-19-21-46-40(26-31)38-15-7-9-17-44(38)52-46/h1-27,37,41,43,47,49-50H. The van der Waals surface area contributed by atoms with Crippen LogP contribution in [0.15, 0.2) is 169 Å². The molecule has 0 bridgehead atoms. The summed E-state index contributed by atoms with van der Waals surface area (Å²) in [5.74, 6) is 0.394. The Kier molecular flexibility index (Phi) is 7.69. The largest absolute Gasteiger partial charge is 0.366 e. The number of rotatable bonds is 5. The first-order valence-electron chi connectivity index (χ1n) is 17.7. The first-order chi connectivity index (χ1) is 25.7. The first kappa shape index (κ1) is 31.1. The van der Waals surface area contributed by atoms with Gasteiger partial charge in [-0.05, 0) is 99.6 Å². The van der Waals surface area contributed by atoms with Gasteiger partial charge in [0.05, 0.1) is 17.7 Å². The molecule has 4 atom stereocenters. The van der Waals surface area contributed by atoms with Crippen molar-refractivity contribution in [3.63, 3.8) is 0 Å². The summed E-state index contributed by atoms with van der Waals surface area (Å²) in [6.07, 6.45) is 11.1. The van der Waals surface area contributed by atoms with Crippen LogP contribution in [-0.2, 0) is 0 Å². The van der Waals surface area contributed by atoms with Crippen molar-refractivity contribution in [2.24, 2.45) is 0 Å². The van der Waals surface area contributed by atoms with E-state index >= 15 is 0 Å². The highest BCUT2D eigenvalue weighted by Crippen LogP contribution is 2.49. The Morgan fingerprint density at radius 2 is 1.37 bits per heavy atom. The summed E-state index contributed by atoms with van der Waals surface area (Å²) in [6, 6.07) is 50.4. The van der Waals surface area contributed by atoms with Crippen molar-refractivity contribution in [2.45, 2.75) is 28.3 Å². The Balaban J connectivity index is 1.15. The van der Waals surface area contributed by atoms with E-state index in [1.54, 1.807) is 0 Å². The van der Waals surface area contributed by atoms with E-state index in [4.69, 9.17) is 0 Å². The van der Waals surface area contributed by atoms with Crippen molar-refractivity contribution < 1.29 is 0 Å². The monoisotopic (exact) mass is 703 g/mol. The maximum Gasteiger partial charge on any atom is 0.104 e. The third-order valence-electron chi connectivity index (χ3n) is 10.5. The second-order valence-corrected chi connectivity index (χ2v) is 16.0. The fourth-order valence-electron chi connectivity index (χ4n) is 7.93. The van der Waals surface area contributed by atoms with Gasteiger partial charge in [-0.1, -0.05) is 103 Å². The lowest BCUT2D eigenvalue weighted by Gasteiger charge is -2.33. The summed E-state index contributed by atoms with van der Waals surface area (Å²) in [7, 11) is 0. The summed E-state index contributed by atoms with van der Waals surface area (Å²) in [5, 5.41) is 20.8. The average Bonchev–Trinajstić information content (AvgIpc) is 3.78. The molecule has 5 heteroatoms. The summed E-state index contributed by atoms with van der Waals surface area (Å²) in [5.41, 5.74) is 11.0. The fraction of sp³-hybridized carbons (Fsp3) is 0.0851. The van der Waals surface area contributed by atoms with Gasteiger partial charge in [0.15, 0.2) is 0 Å². The zero-order valence-corrected chi connectivity index (χ0v) is 29.8. The number of allylic oxidation sites excluding steroid dienone is 3.